The van der Waals surface area contributed by atoms with Crippen molar-refractivity contribution in [2.45, 2.75) is 65.8 Å². The van der Waals surface area contributed by atoms with Crippen LogP contribution in [0.2, 0.25) is 0 Å². The Morgan fingerprint density at radius 1 is 1.19 bits per heavy atom. The molecule has 4 heteroatoms. The molecule has 2 atom stereocenters. The lowest BCUT2D eigenvalue weighted by Crippen LogP contribution is -2.51. The average molecular weight is 231 g/mol. The molecule has 0 heterocycles. The Morgan fingerprint density at radius 2 is 1.62 bits per heavy atom. The highest BCUT2D eigenvalue weighted by Crippen LogP contribution is 2.14. The van der Waals surface area contributed by atoms with E-state index in [0.29, 0.717) is 6.61 Å². The minimum absolute atomic E-state index is 0.237. The molecule has 0 unspecified atom stereocenters. The summed E-state index contributed by atoms with van der Waals surface area (Å²) in [4.78, 5) is 13.5. The van der Waals surface area contributed by atoms with Gasteiger partial charge in [-0.1, -0.05) is 0 Å². The van der Waals surface area contributed by atoms with Crippen LogP contribution in [0.1, 0.15) is 41.5 Å². The topological polar surface area (TPSA) is 49.8 Å². The largest absolute Gasteiger partial charge is 0.464 e. The number of rotatable bonds is 6. The van der Waals surface area contributed by atoms with E-state index in [-0.39, 0.29) is 18.1 Å². The van der Waals surface area contributed by atoms with E-state index < -0.39 is 12.1 Å². The molecule has 0 saturated heterocycles. The molecular formula is C12H25NO3. The Balaban J connectivity index is 4.60. The summed E-state index contributed by atoms with van der Waals surface area (Å²) in [7, 11) is 0. The van der Waals surface area contributed by atoms with Crippen LogP contribution in [0, 0.1) is 0 Å². The van der Waals surface area contributed by atoms with Gasteiger partial charge in [0.2, 0.25) is 0 Å². The van der Waals surface area contributed by atoms with Crippen LogP contribution < -0.4 is 0 Å². The van der Waals surface area contributed by atoms with Crippen molar-refractivity contribution in [1.29, 1.82) is 0 Å². The lowest BCUT2D eigenvalue weighted by atomic mass is 10.1. The molecule has 0 rings (SSSR count). The first kappa shape index (κ1) is 15.4. The van der Waals surface area contributed by atoms with E-state index in [0.717, 1.165) is 0 Å². The van der Waals surface area contributed by atoms with Crippen LogP contribution in [0.5, 0.6) is 0 Å². The number of hydrogen-bond donors (Lipinski definition) is 1. The third kappa shape index (κ3) is 4.10. The van der Waals surface area contributed by atoms with Gasteiger partial charge in [-0.2, -0.15) is 0 Å². The molecule has 0 aromatic rings. The third-order valence-electron chi connectivity index (χ3n) is 2.65. The Labute approximate surface area is 98.6 Å². The van der Waals surface area contributed by atoms with Gasteiger partial charge in [0.05, 0.1) is 6.61 Å². The Kier molecular flexibility index (Phi) is 6.60. The van der Waals surface area contributed by atoms with Crippen molar-refractivity contribution < 1.29 is 14.6 Å². The fourth-order valence-electron chi connectivity index (χ4n) is 2.12. The standard InChI is InChI=1S/C12H25NO3/c1-7-16-12(15)11(14)10(6)13(8(2)3)9(4)5/h8-11,14H,7H2,1-6H3/t10-,11+/m0/s1. The van der Waals surface area contributed by atoms with Crippen LogP contribution in [0.3, 0.4) is 0 Å². The molecule has 0 amide bonds. The first-order valence-corrected chi connectivity index (χ1v) is 5.95. The van der Waals surface area contributed by atoms with Crippen molar-refractivity contribution in [3.63, 3.8) is 0 Å². The van der Waals surface area contributed by atoms with Crippen LogP contribution in [-0.2, 0) is 9.53 Å². The smallest absolute Gasteiger partial charge is 0.336 e. The van der Waals surface area contributed by atoms with Gasteiger partial charge in [-0.15, -0.1) is 0 Å². The molecule has 0 spiro atoms. The summed E-state index contributed by atoms with van der Waals surface area (Å²) in [5.41, 5.74) is 0. The van der Waals surface area contributed by atoms with Gasteiger partial charge in [-0.05, 0) is 41.5 Å². The second kappa shape index (κ2) is 6.86. The second-order valence-electron chi connectivity index (χ2n) is 4.57. The molecule has 0 aromatic carbocycles. The van der Waals surface area contributed by atoms with Gasteiger partial charge in [-0.25, -0.2) is 4.79 Å². The summed E-state index contributed by atoms with van der Waals surface area (Å²) >= 11 is 0. The van der Waals surface area contributed by atoms with Gasteiger partial charge in [0.25, 0.3) is 0 Å². The highest BCUT2D eigenvalue weighted by atomic mass is 16.5. The van der Waals surface area contributed by atoms with E-state index in [1.807, 2.05) is 34.6 Å². The zero-order valence-corrected chi connectivity index (χ0v) is 11.2. The van der Waals surface area contributed by atoms with E-state index in [1.165, 1.54) is 0 Å². The van der Waals surface area contributed by atoms with Gasteiger partial charge in [0.15, 0.2) is 6.10 Å². The molecule has 96 valence electrons. The molecule has 0 aliphatic rings. The molecule has 0 radical (unpaired) electrons. The maximum atomic E-state index is 11.4. The van der Waals surface area contributed by atoms with Crippen molar-refractivity contribution in [3.05, 3.63) is 0 Å². The van der Waals surface area contributed by atoms with Crippen molar-refractivity contribution in [2.24, 2.45) is 0 Å². The molecule has 16 heavy (non-hydrogen) atoms. The molecule has 0 saturated carbocycles. The van der Waals surface area contributed by atoms with E-state index >= 15 is 0 Å². The predicted octanol–water partition coefficient (Wildman–Crippen LogP) is 1.42. The number of nitrogens with zero attached hydrogens (tertiary/aromatic N) is 1. The van der Waals surface area contributed by atoms with E-state index in [9.17, 15) is 9.90 Å². The Morgan fingerprint density at radius 3 is 1.94 bits per heavy atom. The van der Waals surface area contributed by atoms with Crippen LogP contribution in [0.4, 0.5) is 0 Å². The Hall–Kier alpha value is -0.610. The first-order valence-electron chi connectivity index (χ1n) is 5.95. The third-order valence-corrected chi connectivity index (χ3v) is 2.65. The average Bonchev–Trinajstić information content (AvgIpc) is 2.15. The number of carbonyl (C=O) groups is 1. The molecule has 0 aliphatic heterocycles. The van der Waals surface area contributed by atoms with Crippen LogP contribution in [-0.4, -0.2) is 46.8 Å². The normalized spacial score (nSPS) is 15.6. The van der Waals surface area contributed by atoms with Gasteiger partial charge in [0.1, 0.15) is 0 Å². The lowest BCUT2D eigenvalue weighted by molar-refractivity contribution is -0.157. The van der Waals surface area contributed by atoms with Crippen LogP contribution in [0.25, 0.3) is 0 Å². The second-order valence-corrected chi connectivity index (χ2v) is 4.57. The van der Waals surface area contributed by atoms with Crippen molar-refractivity contribution in [2.75, 3.05) is 6.61 Å². The molecule has 0 bridgehead atoms. The van der Waals surface area contributed by atoms with E-state index in [2.05, 4.69) is 4.90 Å². The van der Waals surface area contributed by atoms with Crippen LogP contribution in [0.15, 0.2) is 0 Å². The zero-order chi connectivity index (χ0) is 12.9. The summed E-state index contributed by atoms with van der Waals surface area (Å²) in [6.45, 7) is 12.1. The molecule has 1 N–H and O–H groups in total. The predicted molar refractivity (Wildman–Crippen MR) is 64.2 cm³/mol. The number of aliphatic hydroxyl groups is 1. The van der Waals surface area contributed by atoms with E-state index in [4.69, 9.17) is 4.74 Å². The van der Waals surface area contributed by atoms with Crippen LogP contribution >= 0.6 is 0 Å². The lowest BCUT2D eigenvalue weighted by Gasteiger charge is -2.37. The molecule has 0 aliphatic carbocycles. The fraction of sp³-hybridized carbons (Fsp3) is 0.917. The highest BCUT2D eigenvalue weighted by molar-refractivity contribution is 5.75. The number of esters is 1. The first-order chi connectivity index (χ1) is 7.32. The SMILES string of the molecule is CCOC(=O)[C@H](O)[C@H](C)N(C(C)C)C(C)C. The molecule has 4 nitrogen and oxygen atoms in total. The maximum absolute atomic E-state index is 11.4. The summed E-state index contributed by atoms with van der Waals surface area (Å²) in [6.07, 6.45) is -1.08. The highest BCUT2D eigenvalue weighted by Gasteiger charge is 2.31. The molecule has 0 aromatic heterocycles. The number of aliphatic hydroxyl groups excluding tert-OH is 1. The summed E-state index contributed by atoms with van der Waals surface area (Å²) < 4.78 is 4.82. The van der Waals surface area contributed by atoms with Crippen molar-refractivity contribution in [3.8, 4) is 0 Å². The summed E-state index contributed by atoms with van der Waals surface area (Å²) in [5.74, 6) is -0.540. The van der Waals surface area contributed by atoms with Crippen molar-refractivity contribution >= 4 is 5.97 Å². The monoisotopic (exact) mass is 231 g/mol. The number of hydrogen-bond acceptors (Lipinski definition) is 4. The molecular weight excluding hydrogens is 206 g/mol. The zero-order valence-electron chi connectivity index (χ0n) is 11.2. The number of ether oxygens (including phenoxy) is 1. The molecule has 0 fully saturated rings. The van der Waals surface area contributed by atoms with Gasteiger partial charge in [0, 0.05) is 18.1 Å². The quantitative estimate of drug-likeness (QED) is 0.702. The van der Waals surface area contributed by atoms with Crippen molar-refractivity contribution in [1.82, 2.24) is 4.90 Å². The van der Waals surface area contributed by atoms with Gasteiger partial charge >= 0.3 is 5.97 Å². The maximum Gasteiger partial charge on any atom is 0.336 e. The number of carbonyl (C=O) groups excluding carboxylic acids is 1. The van der Waals surface area contributed by atoms with E-state index in [1.54, 1.807) is 6.92 Å². The fourth-order valence-corrected chi connectivity index (χ4v) is 2.12. The summed E-state index contributed by atoms with van der Waals surface area (Å²) in [6, 6.07) is 0.317. The minimum Gasteiger partial charge on any atom is -0.464 e. The van der Waals surface area contributed by atoms with Gasteiger partial charge in [-0.3, -0.25) is 4.90 Å². The minimum atomic E-state index is -1.08. The Bertz CT molecular complexity index is 208. The van der Waals surface area contributed by atoms with Gasteiger partial charge < -0.3 is 9.84 Å². The summed E-state index contributed by atoms with van der Waals surface area (Å²) in [5, 5.41) is 9.87.